The van der Waals surface area contributed by atoms with Crippen LogP contribution in [0.5, 0.6) is 0 Å². The van der Waals surface area contributed by atoms with E-state index in [1.54, 1.807) is 12.0 Å². The summed E-state index contributed by atoms with van der Waals surface area (Å²) in [6.45, 7) is 6.89. The molecule has 4 heteroatoms. The normalized spacial score (nSPS) is 14.9. The average molecular weight is 230 g/mol. The molecule has 0 radical (unpaired) electrons. The van der Waals surface area contributed by atoms with Crippen molar-refractivity contribution in [2.75, 3.05) is 20.8 Å². The lowest BCUT2D eigenvalue weighted by atomic mass is 10.0. The first-order valence-electron chi connectivity index (χ1n) is 5.91. The molecule has 0 aliphatic heterocycles. The molecule has 0 heterocycles. The number of methoxy groups -OCH3 is 1. The number of carbonyl (C=O) groups is 1. The minimum Gasteiger partial charge on any atom is -0.385 e. The van der Waals surface area contributed by atoms with Crippen LogP contribution in [0, 0.1) is 5.92 Å². The molecule has 0 saturated carbocycles. The van der Waals surface area contributed by atoms with Gasteiger partial charge < -0.3 is 15.4 Å². The van der Waals surface area contributed by atoms with Crippen LogP contribution in [-0.2, 0) is 9.53 Å². The summed E-state index contributed by atoms with van der Waals surface area (Å²) in [5.41, 5.74) is 5.80. The number of amides is 1. The minimum absolute atomic E-state index is 0.00481. The van der Waals surface area contributed by atoms with Crippen molar-refractivity contribution in [3.63, 3.8) is 0 Å². The zero-order chi connectivity index (χ0) is 12.7. The number of likely N-dealkylation sites (N-methyl/N-ethyl adjacent to an activating group) is 1. The van der Waals surface area contributed by atoms with Gasteiger partial charge in [0.1, 0.15) is 0 Å². The first kappa shape index (κ1) is 15.4. The van der Waals surface area contributed by atoms with Gasteiger partial charge in [0.25, 0.3) is 0 Å². The quantitative estimate of drug-likeness (QED) is 0.716. The van der Waals surface area contributed by atoms with Crippen molar-refractivity contribution in [2.45, 2.75) is 45.7 Å². The Bertz CT molecular complexity index is 207. The lowest BCUT2D eigenvalue weighted by molar-refractivity contribution is -0.133. The number of ether oxygens (including phenoxy) is 1. The van der Waals surface area contributed by atoms with E-state index in [4.69, 9.17) is 10.5 Å². The number of carbonyl (C=O) groups excluding carboxylic acids is 1. The van der Waals surface area contributed by atoms with E-state index in [-0.39, 0.29) is 11.9 Å². The molecule has 4 nitrogen and oxygen atoms in total. The second kappa shape index (κ2) is 7.63. The van der Waals surface area contributed by atoms with Crippen LogP contribution >= 0.6 is 0 Å². The van der Waals surface area contributed by atoms with Gasteiger partial charge in [-0.1, -0.05) is 13.8 Å². The van der Waals surface area contributed by atoms with Gasteiger partial charge in [0.05, 0.1) is 6.04 Å². The maximum absolute atomic E-state index is 11.9. The van der Waals surface area contributed by atoms with Crippen LogP contribution in [0.3, 0.4) is 0 Å². The Morgan fingerprint density at radius 2 is 1.94 bits per heavy atom. The van der Waals surface area contributed by atoms with Crippen LogP contribution < -0.4 is 5.73 Å². The van der Waals surface area contributed by atoms with Crippen molar-refractivity contribution in [3.8, 4) is 0 Å². The second-order valence-corrected chi connectivity index (χ2v) is 4.82. The maximum atomic E-state index is 11.9. The van der Waals surface area contributed by atoms with Crippen LogP contribution in [0.25, 0.3) is 0 Å². The second-order valence-electron chi connectivity index (χ2n) is 4.82. The summed E-state index contributed by atoms with van der Waals surface area (Å²) >= 11 is 0. The summed E-state index contributed by atoms with van der Waals surface area (Å²) in [6, 6.07) is -0.208. The molecule has 1 amide bonds. The van der Waals surface area contributed by atoms with Gasteiger partial charge in [-0.05, 0) is 25.7 Å². The van der Waals surface area contributed by atoms with Gasteiger partial charge in [0.15, 0.2) is 0 Å². The third kappa shape index (κ3) is 5.47. The van der Waals surface area contributed by atoms with Crippen LogP contribution in [0.1, 0.15) is 33.6 Å². The van der Waals surface area contributed by atoms with Crippen molar-refractivity contribution >= 4 is 5.91 Å². The molecule has 0 fully saturated rings. The number of hydrogen-bond acceptors (Lipinski definition) is 3. The number of nitrogens with two attached hydrogens (primary N) is 1. The van der Waals surface area contributed by atoms with Crippen molar-refractivity contribution in [1.82, 2.24) is 4.90 Å². The van der Waals surface area contributed by atoms with E-state index in [0.717, 1.165) is 6.42 Å². The fourth-order valence-corrected chi connectivity index (χ4v) is 1.69. The van der Waals surface area contributed by atoms with Crippen LogP contribution in [0.2, 0.25) is 0 Å². The molecule has 0 aliphatic carbocycles. The predicted octanol–water partition coefficient (Wildman–Crippen LogP) is 1.24. The van der Waals surface area contributed by atoms with Gasteiger partial charge in [-0.2, -0.15) is 0 Å². The van der Waals surface area contributed by atoms with E-state index in [1.807, 2.05) is 7.05 Å². The van der Waals surface area contributed by atoms with Gasteiger partial charge >= 0.3 is 0 Å². The Morgan fingerprint density at radius 3 is 2.38 bits per heavy atom. The summed E-state index contributed by atoms with van der Waals surface area (Å²) in [5.74, 6) is 0.589. The Morgan fingerprint density at radius 1 is 1.38 bits per heavy atom. The molecule has 0 rings (SSSR count). The fraction of sp³-hybridized carbons (Fsp3) is 0.917. The van der Waals surface area contributed by atoms with Crippen molar-refractivity contribution in [1.29, 1.82) is 0 Å². The monoisotopic (exact) mass is 230 g/mol. The molecule has 2 unspecified atom stereocenters. The highest BCUT2D eigenvalue weighted by molar-refractivity contribution is 5.81. The molecular formula is C12H26N2O2. The highest BCUT2D eigenvalue weighted by Crippen LogP contribution is 2.10. The largest absolute Gasteiger partial charge is 0.385 e. The molecule has 2 atom stereocenters. The zero-order valence-electron chi connectivity index (χ0n) is 11.2. The van der Waals surface area contributed by atoms with E-state index >= 15 is 0 Å². The minimum atomic E-state index is -0.445. The Balaban J connectivity index is 4.14. The first-order chi connectivity index (χ1) is 7.40. The Labute approximate surface area is 99.1 Å². The molecule has 0 spiro atoms. The van der Waals surface area contributed by atoms with Crippen molar-refractivity contribution in [3.05, 3.63) is 0 Å². The molecule has 0 aromatic carbocycles. The van der Waals surface area contributed by atoms with E-state index in [0.29, 0.717) is 18.9 Å². The predicted molar refractivity (Wildman–Crippen MR) is 66.2 cm³/mol. The lowest BCUT2D eigenvalue weighted by Gasteiger charge is -2.28. The van der Waals surface area contributed by atoms with Crippen LogP contribution in [0.4, 0.5) is 0 Å². The van der Waals surface area contributed by atoms with Gasteiger partial charge in [-0.25, -0.2) is 0 Å². The van der Waals surface area contributed by atoms with Gasteiger partial charge in [0.2, 0.25) is 5.91 Å². The lowest BCUT2D eigenvalue weighted by Crippen LogP contribution is -2.46. The number of hydrogen-bond donors (Lipinski definition) is 1. The van der Waals surface area contributed by atoms with Crippen LogP contribution in [-0.4, -0.2) is 43.7 Å². The summed E-state index contributed by atoms with van der Waals surface area (Å²) in [7, 11) is 3.43. The van der Waals surface area contributed by atoms with Crippen molar-refractivity contribution < 1.29 is 9.53 Å². The van der Waals surface area contributed by atoms with E-state index in [1.165, 1.54) is 0 Å². The van der Waals surface area contributed by atoms with E-state index in [9.17, 15) is 4.79 Å². The molecule has 0 saturated heterocycles. The number of rotatable bonds is 7. The highest BCUT2D eigenvalue weighted by atomic mass is 16.5. The highest BCUT2D eigenvalue weighted by Gasteiger charge is 2.22. The topological polar surface area (TPSA) is 55.6 Å². The summed E-state index contributed by atoms with van der Waals surface area (Å²) in [5, 5.41) is 0. The Hall–Kier alpha value is -0.610. The molecule has 0 aromatic rings. The smallest absolute Gasteiger partial charge is 0.239 e. The molecule has 0 aromatic heterocycles. The summed E-state index contributed by atoms with van der Waals surface area (Å²) in [4.78, 5) is 13.7. The van der Waals surface area contributed by atoms with Gasteiger partial charge in [0, 0.05) is 26.8 Å². The fourth-order valence-electron chi connectivity index (χ4n) is 1.69. The van der Waals surface area contributed by atoms with Gasteiger partial charge in [-0.3, -0.25) is 4.79 Å². The van der Waals surface area contributed by atoms with Crippen LogP contribution in [0.15, 0.2) is 0 Å². The first-order valence-corrected chi connectivity index (χ1v) is 5.91. The molecule has 16 heavy (non-hydrogen) atoms. The average Bonchev–Trinajstić information content (AvgIpc) is 2.22. The van der Waals surface area contributed by atoms with Crippen molar-refractivity contribution in [2.24, 2.45) is 11.7 Å². The van der Waals surface area contributed by atoms with E-state index in [2.05, 4.69) is 20.8 Å². The SMILES string of the molecule is COCCC(N)C(=O)N(C)C(C)CC(C)C. The molecule has 2 N–H and O–H groups in total. The summed E-state index contributed by atoms with van der Waals surface area (Å²) < 4.78 is 4.92. The van der Waals surface area contributed by atoms with E-state index < -0.39 is 6.04 Å². The van der Waals surface area contributed by atoms with Gasteiger partial charge in [-0.15, -0.1) is 0 Å². The molecular weight excluding hydrogens is 204 g/mol. The number of nitrogens with zero attached hydrogens (tertiary/aromatic N) is 1. The molecule has 0 aliphatic rings. The maximum Gasteiger partial charge on any atom is 0.239 e. The third-order valence-electron chi connectivity index (χ3n) is 2.77. The standard InChI is InChI=1S/C12H26N2O2/c1-9(2)8-10(3)14(4)12(15)11(13)6-7-16-5/h9-11H,6-8,13H2,1-5H3. The zero-order valence-corrected chi connectivity index (χ0v) is 11.2. The third-order valence-corrected chi connectivity index (χ3v) is 2.77. The molecule has 0 bridgehead atoms. The molecule has 96 valence electrons. The Kier molecular flexibility index (Phi) is 7.34. The summed E-state index contributed by atoms with van der Waals surface area (Å²) in [6.07, 6.45) is 1.58.